The molecule has 3 unspecified atom stereocenters. The Balaban J connectivity index is -0.0000000393. The maximum atomic E-state index is 10.3. The second-order valence-electron chi connectivity index (χ2n) is 7.53. The topological polar surface area (TPSA) is 96.0 Å². The van der Waals surface area contributed by atoms with E-state index >= 15 is 0 Å². The van der Waals surface area contributed by atoms with E-state index in [1.54, 1.807) is 21.3 Å². The van der Waals surface area contributed by atoms with Crippen molar-refractivity contribution < 1.29 is 98.8 Å². The van der Waals surface area contributed by atoms with Crippen LogP contribution in [-0.4, -0.2) is 62.8 Å². The van der Waals surface area contributed by atoms with Gasteiger partial charge in [0.1, 0.15) is 0 Å². The number of ether oxygens (including phenoxy) is 3. The summed E-state index contributed by atoms with van der Waals surface area (Å²) in [5, 5.41) is 0. The Kier molecular flexibility index (Phi) is 88.0. The van der Waals surface area contributed by atoms with Gasteiger partial charge in [-0.1, -0.05) is 103 Å². The first kappa shape index (κ1) is 70.2. The molecule has 7 nitrogen and oxygen atoms in total. The van der Waals surface area contributed by atoms with Gasteiger partial charge in [-0.2, -0.15) is 0 Å². The van der Waals surface area contributed by atoms with Gasteiger partial charge < -0.3 is 28.1 Å². The van der Waals surface area contributed by atoms with Crippen molar-refractivity contribution in [1.29, 1.82) is 0 Å². The van der Waals surface area contributed by atoms with Gasteiger partial charge in [-0.3, -0.25) is 19.2 Å². The van der Waals surface area contributed by atoms with Gasteiger partial charge in [-0.05, 0) is 61.4 Å². The minimum absolute atomic E-state index is 0. The molecule has 0 aromatic rings. The predicted molar refractivity (Wildman–Crippen MR) is 184 cm³/mol. The largest absolute Gasteiger partial charge is 0.413 e. The second-order valence-corrected chi connectivity index (χ2v) is 7.53. The van der Waals surface area contributed by atoms with E-state index in [1.165, 1.54) is 61.4 Å². The zero-order valence-corrected chi connectivity index (χ0v) is 32.0. The average Bonchev–Trinajstić information content (AvgIpc) is 2.96. The Bertz CT molecular complexity index is 589. The van der Waals surface area contributed by atoms with Crippen LogP contribution in [-0.2, 0) is 98.8 Å². The van der Waals surface area contributed by atoms with Gasteiger partial charge in [0.2, 0.25) is 0 Å². The Morgan fingerprint density at radius 1 is 0.523 bits per heavy atom. The van der Waals surface area contributed by atoms with Crippen molar-refractivity contribution in [2.24, 2.45) is 0 Å². The number of allylic oxidation sites excluding steroid dienone is 8. The Morgan fingerprint density at radius 3 is 0.818 bits per heavy atom. The summed E-state index contributed by atoms with van der Waals surface area (Å²) in [5.74, 6) is -0.483. The maximum Gasteiger partial charge on any atom is 0.178 e. The van der Waals surface area contributed by atoms with E-state index in [4.69, 9.17) is 14.2 Å². The van der Waals surface area contributed by atoms with Gasteiger partial charge in [-0.15, -0.1) is 0 Å². The monoisotopic (exact) mass is 778 g/mol. The second kappa shape index (κ2) is 55.2. The third kappa shape index (κ3) is 57.4. The zero-order chi connectivity index (χ0) is 30.4. The molecule has 0 aliphatic heterocycles. The molecule has 0 fully saturated rings. The van der Waals surface area contributed by atoms with Crippen molar-refractivity contribution in [3.8, 4) is 0 Å². The molecule has 2 radical (unpaired) electrons. The number of carbonyl (C=O) groups excluding carboxylic acids is 4. The first-order valence-electron chi connectivity index (χ1n) is 13.2. The fraction of sp³-hybridized carbons (Fsp3) is 0.600. The molecule has 9 heteroatoms. The van der Waals surface area contributed by atoms with E-state index in [2.05, 4.69) is 27.7 Å². The number of hydrogen-bond donors (Lipinski definition) is 0. The summed E-state index contributed by atoms with van der Waals surface area (Å²) in [5.41, 5.74) is 0. The molecule has 0 aromatic heterocycles. The quantitative estimate of drug-likeness (QED) is 0.180. The number of methoxy groups -OCH3 is 3. The standard InChI is InChI=1S/C7H16O.2C6H4O2.2C5H11O.C2H6.4CH4.2Y/c1-4-6-7(5-2)8-3;2*7-5-1-2-6(8)4-3-5;2*1-4-5(2)6-3;1-2;;;;;;/h7H,4-6H2,1-3H3;2*1-4H;2*5H,2,4H2,1,3H3;1-2H3;4*1H4;;/q;;;2*-1;;;;;;;. The summed E-state index contributed by atoms with van der Waals surface area (Å²) in [7, 11) is 5.12. The van der Waals surface area contributed by atoms with Crippen LogP contribution in [0, 0.1) is 13.8 Å². The summed E-state index contributed by atoms with van der Waals surface area (Å²) in [6, 6.07) is 0. The summed E-state index contributed by atoms with van der Waals surface area (Å²) >= 11 is 0. The van der Waals surface area contributed by atoms with Gasteiger partial charge in [0.25, 0.3) is 0 Å². The number of ketones is 4. The fourth-order valence-electron chi connectivity index (χ4n) is 2.02. The van der Waals surface area contributed by atoms with Crippen molar-refractivity contribution in [3.05, 3.63) is 62.5 Å². The number of carbonyl (C=O) groups is 4. The molecule has 2 aliphatic rings. The zero-order valence-electron chi connectivity index (χ0n) is 26.3. The number of rotatable bonds is 8. The van der Waals surface area contributed by atoms with E-state index in [-0.39, 0.29) is 130 Å². The van der Waals surface area contributed by atoms with Gasteiger partial charge in [0, 0.05) is 86.7 Å². The maximum absolute atomic E-state index is 10.3. The predicted octanol–water partition coefficient (Wildman–Crippen LogP) is 8.77. The van der Waals surface area contributed by atoms with Crippen molar-refractivity contribution in [1.82, 2.24) is 0 Å². The molecule has 0 spiro atoms. The smallest absolute Gasteiger partial charge is 0.178 e. The van der Waals surface area contributed by atoms with Crippen LogP contribution in [0.5, 0.6) is 0 Å². The van der Waals surface area contributed by atoms with Crippen molar-refractivity contribution in [2.75, 3.05) is 21.3 Å². The molecule has 0 saturated carbocycles. The minimum Gasteiger partial charge on any atom is -0.413 e. The molecule has 2 rings (SSSR count). The first-order valence-corrected chi connectivity index (χ1v) is 13.2. The van der Waals surface area contributed by atoms with Gasteiger partial charge in [0.05, 0.1) is 6.10 Å². The van der Waals surface area contributed by atoms with Gasteiger partial charge >= 0.3 is 0 Å². The SMILES string of the molecule is C.C.C.C.CC.CCCC(CC)OC.O=C1C=CC(=O)C=C1.O=C1C=CC(=O)C=C1.[CH2-]C(CC)OC.[CH2-]C(CC)OC.[Y].[Y]. The van der Waals surface area contributed by atoms with Crippen LogP contribution in [0.3, 0.4) is 0 Å². The van der Waals surface area contributed by atoms with Crippen molar-refractivity contribution >= 4 is 23.1 Å². The van der Waals surface area contributed by atoms with Crippen LogP contribution in [0.2, 0.25) is 0 Å². The van der Waals surface area contributed by atoms with E-state index in [9.17, 15) is 19.2 Å². The van der Waals surface area contributed by atoms with Crippen LogP contribution >= 0.6 is 0 Å². The van der Waals surface area contributed by atoms with Crippen LogP contribution in [0.1, 0.15) is 103 Å². The van der Waals surface area contributed by atoms with Gasteiger partial charge in [0.15, 0.2) is 23.1 Å². The van der Waals surface area contributed by atoms with E-state index in [1.807, 2.05) is 27.7 Å². The summed E-state index contributed by atoms with van der Waals surface area (Å²) in [4.78, 5) is 41.1. The molecule has 0 bridgehead atoms. The van der Waals surface area contributed by atoms with E-state index in [0.717, 1.165) is 19.3 Å². The molecule has 0 heterocycles. The summed E-state index contributed by atoms with van der Waals surface area (Å²) < 4.78 is 14.7. The van der Waals surface area contributed by atoms with Crippen LogP contribution in [0.15, 0.2) is 48.6 Å². The van der Waals surface area contributed by atoms with E-state index in [0.29, 0.717) is 6.10 Å². The van der Waals surface area contributed by atoms with Crippen molar-refractivity contribution in [3.63, 3.8) is 0 Å². The molecular formula is C35H68O7Y2-2. The Labute approximate surface area is 324 Å². The van der Waals surface area contributed by atoms with Crippen molar-refractivity contribution in [2.45, 2.75) is 122 Å². The minimum atomic E-state index is -0.121. The summed E-state index contributed by atoms with van der Waals surface area (Å²) in [6.45, 7) is 19.7. The van der Waals surface area contributed by atoms with Crippen LogP contribution in [0.25, 0.3) is 0 Å². The number of hydrogen-bond acceptors (Lipinski definition) is 7. The molecule has 3 atom stereocenters. The molecule has 0 N–H and O–H groups in total. The average molecular weight is 779 g/mol. The van der Waals surface area contributed by atoms with Crippen LogP contribution in [0.4, 0.5) is 0 Å². The van der Waals surface area contributed by atoms with E-state index < -0.39 is 0 Å². The molecule has 44 heavy (non-hydrogen) atoms. The summed E-state index contributed by atoms with van der Waals surface area (Å²) in [6.07, 6.45) is 16.5. The third-order valence-electron chi connectivity index (χ3n) is 4.62. The van der Waals surface area contributed by atoms with Gasteiger partial charge in [-0.25, -0.2) is 0 Å². The Morgan fingerprint density at radius 2 is 0.750 bits per heavy atom. The first-order chi connectivity index (χ1) is 18.0. The van der Waals surface area contributed by atoms with Crippen LogP contribution < -0.4 is 0 Å². The molecule has 258 valence electrons. The molecule has 0 saturated heterocycles. The third-order valence-corrected chi connectivity index (χ3v) is 4.62. The molecular weight excluding hydrogens is 710 g/mol. The molecule has 0 amide bonds. The molecule has 2 aliphatic carbocycles. The fourth-order valence-corrected chi connectivity index (χ4v) is 2.02. The molecule has 0 aromatic carbocycles. The normalized spacial score (nSPS) is 13.0. The Hall–Kier alpha value is -0.272.